The molecule has 1 heterocycles. The molecule has 0 spiro atoms. The van der Waals surface area contributed by atoms with Crippen molar-refractivity contribution in [3.05, 3.63) is 60.4 Å². The quantitative estimate of drug-likeness (QED) is 0.848. The van der Waals surface area contributed by atoms with Crippen LogP contribution in [0, 0.1) is 0 Å². The van der Waals surface area contributed by atoms with Gasteiger partial charge in [-0.3, -0.25) is 9.98 Å². The minimum atomic E-state index is 0.171. The van der Waals surface area contributed by atoms with Crippen LogP contribution in [0.5, 0.6) is 0 Å². The molecule has 1 aromatic carbocycles. The van der Waals surface area contributed by atoms with E-state index in [1.165, 1.54) is 0 Å². The summed E-state index contributed by atoms with van der Waals surface area (Å²) in [6.07, 6.45) is 5.56. The number of nitrogens with zero attached hydrogens (tertiary/aromatic N) is 2. The molecule has 1 unspecified atom stereocenters. The summed E-state index contributed by atoms with van der Waals surface area (Å²) in [5.74, 6) is 0.171. The number of nitrogens with two attached hydrogens (primary N) is 1. The molecular weight excluding hydrogens is 246 g/mol. The van der Waals surface area contributed by atoms with Gasteiger partial charge in [0.2, 0.25) is 0 Å². The molecule has 1 atom stereocenters. The molecule has 3 nitrogen and oxygen atoms in total. The van der Waals surface area contributed by atoms with E-state index in [1.54, 1.807) is 12.4 Å². The Labute approximate surface area is 119 Å². The third-order valence-electron chi connectivity index (χ3n) is 3.01. The maximum Gasteiger partial charge on any atom is 0.0726 e. The number of nitrogen functional groups attached to an aromatic ring is 1. The van der Waals surface area contributed by atoms with Crippen molar-refractivity contribution in [3.63, 3.8) is 0 Å². The van der Waals surface area contributed by atoms with Crippen molar-refractivity contribution in [3.8, 4) is 11.3 Å². The zero-order valence-electron chi connectivity index (χ0n) is 11.8. The topological polar surface area (TPSA) is 51.3 Å². The minimum Gasteiger partial charge on any atom is -0.399 e. The van der Waals surface area contributed by atoms with Gasteiger partial charge >= 0.3 is 0 Å². The smallest absolute Gasteiger partial charge is 0.0726 e. The highest BCUT2D eigenvalue weighted by atomic mass is 14.7. The number of hydrogen-bond donors (Lipinski definition) is 1. The van der Waals surface area contributed by atoms with Crippen LogP contribution in [-0.4, -0.2) is 11.2 Å². The highest BCUT2D eigenvalue weighted by molar-refractivity contribution is 5.63. The Morgan fingerprint density at radius 3 is 2.65 bits per heavy atom. The maximum atomic E-state index is 6.00. The number of hydrogen-bond acceptors (Lipinski definition) is 3. The van der Waals surface area contributed by atoms with Crippen LogP contribution in [0.1, 0.15) is 25.5 Å². The third kappa shape index (κ3) is 3.54. The van der Waals surface area contributed by atoms with Gasteiger partial charge in [0.25, 0.3) is 0 Å². The summed E-state index contributed by atoms with van der Waals surface area (Å²) >= 11 is 0. The average Bonchev–Trinajstić information content (AvgIpc) is 2.47. The lowest BCUT2D eigenvalue weighted by molar-refractivity contribution is 0.907. The fraction of sp³-hybridized carbons (Fsp3) is 0.176. The first kappa shape index (κ1) is 14.0. The lowest BCUT2D eigenvalue weighted by Crippen LogP contribution is -1.99. The van der Waals surface area contributed by atoms with Gasteiger partial charge in [0, 0.05) is 35.3 Å². The molecule has 1 aromatic heterocycles. The number of rotatable bonds is 4. The molecule has 2 aromatic rings. The molecule has 0 aliphatic rings. The molecule has 2 rings (SSSR count). The lowest BCUT2D eigenvalue weighted by Gasteiger charge is -2.10. The number of anilines is 1. The van der Waals surface area contributed by atoms with Gasteiger partial charge in [-0.15, -0.1) is 0 Å². The molecule has 0 amide bonds. The van der Waals surface area contributed by atoms with Gasteiger partial charge < -0.3 is 5.73 Å². The second-order valence-corrected chi connectivity index (χ2v) is 4.61. The predicted octanol–water partition coefficient (Wildman–Crippen LogP) is 4.04. The summed E-state index contributed by atoms with van der Waals surface area (Å²) in [7, 11) is 0. The first-order chi connectivity index (χ1) is 9.70. The van der Waals surface area contributed by atoms with E-state index >= 15 is 0 Å². The van der Waals surface area contributed by atoms with E-state index in [4.69, 9.17) is 10.7 Å². The molecule has 20 heavy (non-hydrogen) atoms. The van der Waals surface area contributed by atoms with Crippen molar-refractivity contribution in [2.45, 2.75) is 19.8 Å². The molecule has 0 aliphatic heterocycles. The summed E-state index contributed by atoms with van der Waals surface area (Å²) in [5, 5.41) is 0. The maximum absolute atomic E-state index is 6.00. The fourth-order valence-corrected chi connectivity index (χ4v) is 1.93. The van der Waals surface area contributed by atoms with Gasteiger partial charge in [-0.1, -0.05) is 43.3 Å². The van der Waals surface area contributed by atoms with Gasteiger partial charge in [-0.25, -0.2) is 0 Å². The van der Waals surface area contributed by atoms with Crippen molar-refractivity contribution in [2.24, 2.45) is 4.99 Å². The summed E-state index contributed by atoms with van der Waals surface area (Å²) in [6, 6.07) is 13.9. The molecule has 0 aliphatic carbocycles. The van der Waals surface area contributed by atoms with Crippen LogP contribution >= 0.6 is 0 Å². The molecule has 0 fully saturated rings. The van der Waals surface area contributed by atoms with Crippen LogP contribution < -0.4 is 5.73 Å². The summed E-state index contributed by atoms with van der Waals surface area (Å²) in [5.41, 5.74) is 9.65. The van der Waals surface area contributed by atoms with E-state index in [0.717, 1.165) is 22.6 Å². The number of benzene rings is 1. The Hall–Kier alpha value is -2.42. The lowest BCUT2D eigenvalue weighted by atomic mass is 10.0. The minimum absolute atomic E-state index is 0.171. The van der Waals surface area contributed by atoms with Crippen molar-refractivity contribution in [1.82, 2.24) is 4.98 Å². The first-order valence-electron chi connectivity index (χ1n) is 6.68. The van der Waals surface area contributed by atoms with Crippen molar-refractivity contribution >= 4 is 11.9 Å². The zero-order chi connectivity index (χ0) is 14.4. The second-order valence-electron chi connectivity index (χ2n) is 4.61. The van der Waals surface area contributed by atoms with E-state index in [2.05, 4.69) is 11.9 Å². The van der Waals surface area contributed by atoms with E-state index in [0.29, 0.717) is 0 Å². The van der Waals surface area contributed by atoms with Crippen LogP contribution in [0.4, 0.5) is 5.69 Å². The van der Waals surface area contributed by atoms with Gasteiger partial charge in [-0.2, -0.15) is 0 Å². The van der Waals surface area contributed by atoms with Crippen LogP contribution in [0.2, 0.25) is 0 Å². The van der Waals surface area contributed by atoms with Crippen LogP contribution in [0.3, 0.4) is 0 Å². The van der Waals surface area contributed by atoms with Crippen LogP contribution in [0.25, 0.3) is 11.3 Å². The van der Waals surface area contributed by atoms with E-state index < -0.39 is 0 Å². The van der Waals surface area contributed by atoms with Crippen LogP contribution in [0.15, 0.2) is 59.7 Å². The SMILES string of the molecule is CC=N/C=C\C(C)c1cc(N)cc(-c2ccccc2)n1. The van der Waals surface area contributed by atoms with Crippen molar-refractivity contribution < 1.29 is 0 Å². The highest BCUT2D eigenvalue weighted by Crippen LogP contribution is 2.24. The molecule has 0 bridgehead atoms. The summed E-state index contributed by atoms with van der Waals surface area (Å²) in [4.78, 5) is 8.78. The largest absolute Gasteiger partial charge is 0.399 e. The molecule has 0 radical (unpaired) electrons. The first-order valence-corrected chi connectivity index (χ1v) is 6.68. The number of aromatic nitrogens is 1. The summed E-state index contributed by atoms with van der Waals surface area (Å²) in [6.45, 7) is 3.97. The molecule has 102 valence electrons. The third-order valence-corrected chi connectivity index (χ3v) is 3.01. The van der Waals surface area contributed by atoms with E-state index in [1.807, 2.05) is 55.5 Å². The standard InChI is InChI=1S/C17H19N3/c1-3-19-10-9-13(2)16-11-15(18)12-17(20-16)14-7-5-4-6-8-14/h3-13H,1-2H3,(H2,18,20)/b10-9-,19-3?. The predicted molar refractivity (Wildman–Crippen MR) is 85.8 cm³/mol. The van der Waals surface area contributed by atoms with Crippen molar-refractivity contribution in [2.75, 3.05) is 5.73 Å². The van der Waals surface area contributed by atoms with Crippen LogP contribution in [-0.2, 0) is 0 Å². The monoisotopic (exact) mass is 265 g/mol. The zero-order valence-corrected chi connectivity index (χ0v) is 11.8. The number of allylic oxidation sites excluding steroid dienone is 1. The number of pyridine rings is 1. The summed E-state index contributed by atoms with van der Waals surface area (Å²) < 4.78 is 0. The Morgan fingerprint density at radius 2 is 1.95 bits per heavy atom. The second kappa shape index (κ2) is 6.66. The average molecular weight is 265 g/mol. The van der Waals surface area contributed by atoms with E-state index in [9.17, 15) is 0 Å². The molecule has 3 heteroatoms. The Balaban J connectivity index is 2.34. The molecule has 0 saturated carbocycles. The Morgan fingerprint density at radius 1 is 1.20 bits per heavy atom. The highest BCUT2D eigenvalue weighted by Gasteiger charge is 2.07. The van der Waals surface area contributed by atoms with Gasteiger partial charge in [0.05, 0.1) is 5.69 Å². The van der Waals surface area contributed by atoms with E-state index in [-0.39, 0.29) is 5.92 Å². The Bertz CT molecular complexity index is 615. The normalized spacial score (nSPS) is 13.1. The molecule has 0 saturated heterocycles. The van der Waals surface area contributed by atoms with Gasteiger partial charge in [0.15, 0.2) is 0 Å². The van der Waals surface area contributed by atoms with Gasteiger partial charge in [-0.05, 0) is 19.1 Å². The molecular formula is C17H19N3. The van der Waals surface area contributed by atoms with Crippen molar-refractivity contribution in [1.29, 1.82) is 0 Å². The Kier molecular flexibility index (Phi) is 4.66. The number of aliphatic imine (C=N–C) groups is 1. The molecule has 2 N–H and O–H groups in total. The fourth-order valence-electron chi connectivity index (χ4n) is 1.93. The van der Waals surface area contributed by atoms with Gasteiger partial charge in [0.1, 0.15) is 0 Å².